The number of fused-ring (bicyclic) bond motifs is 2. The maximum Gasteiger partial charge on any atom is 0.253 e. The fraction of sp³-hybridized carbons (Fsp3) is 0.278. The lowest BCUT2D eigenvalue weighted by atomic mass is 10.1. The fourth-order valence-electron chi connectivity index (χ4n) is 2.53. The Morgan fingerprint density at radius 3 is 2.50 bits per heavy atom. The summed E-state index contributed by atoms with van der Waals surface area (Å²) in [4.78, 5) is 23.8. The molecule has 0 atom stereocenters. The highest BCUT2D eigenvalue weighted by atomic mass is 16.5. The van der Waals surface area contributed by atoms with Gasteiger partial charge in [0.15, 0.2) is 0 Å². The summed E-state index contributed by atoms with van der Waals surface area (Å²) in [7, 11) is 5.53. The fourth-order valence-corrected chi connectivity index (χ4v) is 2.53. The number of nitrogens with one attached hydrogen (secondary N) is 1. The number of aromatic nitrogens is 2. The van der Waals surface area contributed by atoms with Gasteiger partial charge in [0.05, 0.1) is 23.7 Å². The van der Waals surface area contributed by atoms with Crippen molar-refractivity contribution in [2.24, 2.45) is 0 Å². The molecule has 0 unspecified atom stereocenters. The predicted molar refractivity (Wildman–Crippen MR) is 94.5 cm³/mol. The molecule has 1 N–H and O–H groups in total. The highest BCUT2D eigenvalue weighted by molar-refractivity contribution is 6.06. The summed E-state index contributed by atoms with van der Waals surface area (Å²) < 4.78 is 5.36. The Balaban J connectivity index is 2.05. The van der Waals surface area contributed by atoms with E-state index >= 15 is 0 Å². The highest BCUT2D eigenvalue weighted by Crippen LogP contribution is 2.25. The van der Waals surface area contributed by atoms with Gasteiger partial charge in [0, 0.05) is 13.1 Å². The molecule has 0 spiro atoms. The first kappa shape index (κ1) is 16.1. The van der Waals surface area contributed by atoms with Crippen LogP contribution in [0.15, 0.2) is 36.4 Å². The van der Waals surface area contributed by atoms with E-state index in [-0.39, 0.29) is 5.91 Å². The van der Waals surface area contributed by atoms with E-state index in [4.69, 9.17) is 4.74 Å². The topological polar surface area (TPSA) is 67.3 Å². The van der Waals surface area contributed by atoms with Gasteiger partial charge in [0.1, 0.15) is 16.8 Å². The summed E-state index contributed by atoms with van der Waals surface area (Å²) >= 11 is 0. The smallest absolute Gasteiger partial charge is 0.253 e. The molecule has 2 aromatic carbocycles. The average Bonchev–Trinajstić information content (AvgIpc) is 2.58. The van der Waals surface area contributed by atoms with Crippen LogP contribution in [-0.2, 0) is 0 Å². The molecule has 6 nitrogen and oxygen atoms in total. The number of carbonyl (C=O) groups is 1. The molecule has 0 aliphatic carbocycles. The molecule has 0 bridgehead atoms. The number of nitrogens with zero attached hydrogens (tertiary/aromatic N) is 3. The lowest BCUT2D eigenvalue weighted by Crippen LogP contribution is -2.31. The zero-order valence-corrected chi connectivity index (χ0v) is 14.0. The molecular formula is C18H20N4O2. The molecule has 0 saturated heterocycles. The standard InChI is InChI=1S/C18H20N4O2/c1-22(2)11-10-19-18(23)12-6-4-7-13-16(12)21-17-14(20-13)8-5-9-15(17)24-3/h4-9H,10-11H2,1-3H3,(H,19,23). The Morgan fingerprint density at radius 2 is 1.79 bits per heavy atom. The monoisotopic (exact) mass is 324 g/mol. The number of hydrogen-bond donors (Lipinski definition) is 1. The molecule has 1 aromatic heterocycles. The van der Waals surface area contributed by atoms with E-state index < -0.39 is 0 Å². The van der Waals surface area contributed by atoms with Gasteiger partial charge >= 0.3 is 0 Å². The second-order valence-corrected chi connectivity index (χ2v) is 5.78. The van der Waals surface area contributed by atoms with Gasteiger partial charge in [-0.1, -0.05) is 12.1 Å². The first-order valence-corrected chi connectivity index (χ1v) is 7.76. The molecule has 0 radical (unpaired) electrons. The molecule has 6 heteroatoms. The molecule has 1 heterocycles. The summed E-state index contributed by atoms with van der Waals surface area (Å²) in [6.45, 7) is 1.35. The Kier molecular flexibility index (Phi) is 4.57. The van der Waals surface area contributed by atoms with Crippen LogP contribution in [0.2, 0.25) is 0 Å². The number of ether oxygens (including phenoxy) is 1. The van der Waals surface area contributed by atoms with Crippen molar-refractivity contribution >= 4 is 28.0 Å². The van der Waals surface area contributed by atoms with E-state index in [1.54, 1.807) is 13.2 Å². The third kappa shape index (κ3) is 3.14. The highest BCUT2D eigenvalue weighted by Gasteiger charge is 2.14. The van der Waals surface area contributed by atoms with Crippen LogP contribution in [0, 0.1) is 0 Å². The summed E-state index contributed by atoms with van der Waals surface area (Å²) in [5.74, 6) is 0.496. The van der Waals surface area contributed by atoms with E-state index in [0.29, 0.717) is 34.4 Å². The number of carbonyl (C=O) groups excluding carboxylic acids is 1. The van der Waals surface area contributed by atoms with Crippen LogP contribution in [0.5, 0.6) is 5.75 Å². The van der Waals surface area contributed by atoms with E-state index in [2.05, 4.69) is 15.3 Å². The van der Waals surface area contributed by atoms with E-state index in [1.165, 1.54) is 0 Å². The SMILES string of the molecule is COc1cccc2nc3cccc(C(=O)NCCN(C)C)c3nc12. The number of hydrogen-bond acceptors (Lipinski definition) is 5. The molecule has 0 saturated carbocycles. The number of amides is 1. The molecule has 124 valence electrons. The normalized spacial score (nSPS) is 11.2. The number of para-hydroxylation sites is 2. The molecule has 3 aromatic rings. The quantitative estimate of drug-likeness (QED) is 0.728. The van der Waals surface area contributed by atoms with Gasteiger partial charge < -0.3 is 15.0 Å². The second kappa shape index (κ2) is 6.80. The van der Waals surface area contributed by atoms with Gasteiger partial charge in [0.25, 0.3) is 5.91 Å². The minimum Gasteiger partial charge on any atom is -0.494 e. The zero-order valence-electron chi connectivity index (χ0n) is 14.0. The maximum absolute atomic E-state index is 12.5. The molecule has 1 amide bonds. The van der Waals surface area contributed by atoms with Crippen LogP contribution in [0.3, 0.4) is 0 Å². The summed E-state index contributed by atoms with van der Waals surface area (Å²) in [6.07, 6.45) is 0. The first-order chi connectivity index (χ1) is 11.6. The summed E-state index contributed by atoms with van der Waals surface area (Å²) in [5, 5.41) is 2.92. The Bertz CT molecular complexity index is 893. The van der Waals surface area contributed by atoms with Crippen LogP contribution >= 0.6 is 0 Å². The lowest BCUT2D eigenvalue weighted by Gasteiger charge is -2.12. The third-order valence-corrected chi connectivity index (χ3v) is 3.77. The minimum atomic E-state index is -0.147. The summed E-state index contributed by atoms with van der Waals surface area (Å²) in [6, 6.07) is 11.0. The van der Waals surface area contributed by atoms with Crippen molar-refractivity contribution in [2.45, 2.75) is 0 Å². The van der Waals surface area contributed by atoms with Gasteiger partial charge in [0.2, 0.25) is 0 Å². The Morgan fingerprint density at radius 1 is 1.08 bits per heavy atom. The molecular weight excluding hydrogens is 304 g/mol. The van der Waals surface area contributed by atoms with Crippen LogP contribution in [0.4, 0.5) is 0 Å². The van der Waals surface area contributed by atoms with Crippen molar-refractivity contribution in [1.82, 2.24) is 20.2 Å². The maximum atomic E-state index is 12.5. The van der Waals surface area contributed by atoms with E-state index in [9.17, 15) is 4.79 Å². The number of rotatable bonds is 5. The zero-order chi connectivity index (χ0) is 17.1. The van der Waals surface area contributed by atoms with Gasteiger partial charge in [-0.3, -0.25) is 4.79 Å². The van der Waals surface area contributed by atoms with Gasteiger partial charge in [-0.2, -0.15) is 0 Å². The second-order valence-electron chi connectivity index (χ2n) is 5.78. The van der Waals surface area contributed by atoms with E-state index in [0.717, 1.165) is 12.1 Å². The number of likely N-dealkylation sites (N-methyl/N-ethyl adjacent to an activating group) is 1. The first-order valence-electron chi connectivity index (χ1n) is 7.76. The third-order valence-electron chi connectivity index (χ3n) is 3.77. The van der Waals surface area contributed by atoms with Gasteiger partial charge in [-0.25, -0.2) is 9.97 Å². The molecule has 0 fully saturated rings. The van der Waals surface area contributed by atoms with Crippen molar-refractivity contribution in [3.8, 4) is 5.75 Å². The molecule has 0 aliphatic heterocycles. The van der Waals surface area contributed by atoms with Crippen molar-refractivity contribution in [2.75, 3.05) is 34.3 Å². The minimum absolute atomic E-state index is 0.147. The van der Waals surface area contributed by atoms with Crippen molar-refractivity contribution in [3.05, 3.63) is 42.0 Å². The van der Waals surface area contributed by atoms with Gasteiger partial charge in [-0.15, -0.1) is 0 Å². The van der Waals surface area contributed by atoms with E-state index in [1.807, 2.05) is 49.3 Å². The largest absolute Gasteiger partial charge is 0.494 e. The Labute approximate surface area is 140 Å². The number of benzene rings is 2. The van der Waals surface area contributed by atoms with Crippen molar-refractivity contribution in [3.63, 3.8) is 0 Å². The predicted octanol–water partition coefficient (Wildman–Crippen LogP) is 2.08. The molecule has 0 aliphatic rings. The Hall–Kier alpha value is -2.73. The van der Waals surface area contributed by atoms with Crippen LogP contribution in [0.1, 0.15) is 10.4 Å². The van der Waals surface area contributed by atoms with Gasteiger partial charge in [-0.05, 0) is 38.4 Å². The molecule has 3 rings (SSSR count). The van der Waals surface area contributed by atoms with Crippen molar-refractivity contribution in [1.29, 1.82) is 0 Å². The van der Waals surface area contributed by atoms with Crippen LogP contribution < -0.4 is 10.1 Å². The van der Waals surface area contributed by atoms with Crippen LogP contribution in [0.25, 0.3) is 22.1 Å². The number of methoxy groups -OCH3 is 1. The lowest BCUT2D eigenvalue weighted by molar-refractivity contribution is 0.0952. The summed E-state index contributed by atoms with van der Waals surface area (Å²) in [5.41, 5.74) is 3.19. The average molecular weight is 324 g/mol. The van der Waals surface area contributed by atoms with Crippen LogP contribution in [-0.4, -0.2) is 55.1 Å². The van der Waals surface area contributed by atoms with Crippen molar-refractivity contribution < 1.29 is 9.53 Å². The molecule has 24 heavy (non-hydrogen) atoms.